The third-order valence-corrected chi connectivity index (χ3v) is 14.5. The van der Waals surface area contributed by atoms with Gasteiger partial charge in [0.25, 0.3) is 0 Å². The van der Waals surface area contributed by atoms with Crippen LogP contribution in [0.4, 0.5) is 4.79 Å². The van der Waals surface area contributed by atoms with Gasteiger partial charge in [0.15, 0.2) is 0 Å². The van der Waals surface area contributed by atoms with Gasteiger partial charge in [-0.25, -0.2) is 24.8 Å². The van der Waals surface area contributed by atoms with E-state index in [2.05, 4.69) is 112 Å². The fourth-order valence-corrected chi connectivity index (χ4v) is 9.23. The van der Waals surface area contributed by atoms with E-state index in [1.54, 1.807) is 0 Å². The van der Waals surface area contributed by atoms with Gasteiger partial charge in [-0.05, 0) is 48.9 Å². The zero-order chi connectivity index (χ0) is 40.1. The monoisotopic (exact) mass is 812 g/mol. The number of carbonyl (C=O) groups is 1. The second-order valence-electron chi connectivity index (χ2n) is 18.0. The normalized spacial score (nSPS) is 26.1. The van der Waals surface area contributed by atoms with E-state index in [9.17, 15) is 0 Å². The smallest absolute Gasteiger partial charge is 0.349 e. The Bertz CT molecular complexity index is 1330. The van der Waals surface area contributed by atoms with Crippen LogP contribution in [0.3, 0.4) is 0 Å². The molecule has 13 heteroatoms. The molecule has 2 aromatic carbocycles. The van der Waals surface area contributed by atoms with E-state index in [4.69, 9.17) is 28.4 Å². The molecule has 3 saturated heterocycles. The molecule has 11 nitrogen and oxygen atoms in total. The number of carbonyl (C=O) groups excluding carboxylic acids is 1. The van der Waals surface area contributed by atoms with Crippen LogP contribution in [0.15, 0.2) is 60.7 Å². The van der Waals surface area contributed by atoms with Gasteiger partial charge < -0.3 is 28.4 Å². The lowest BCUT2D eigenvalue weighted by Gasteiger charge is -2.48. The van der Waals surface area contributed by atoms with Crippen LogP contribution >= 0.6 is 0 Å². The predicted octanol–water partition coefficient (Wildman–Crippen LogP) is 7.39. The van der Waals surface area contributed by atoms with Crippen molar-refractivity contribution in [1.82, 2.24) is 20.0 Å². The van der Waals surface area contributed by atoms with Crippen LogP contribution in [-0.4, -0.2) is 145 Å². The molecule has 0 saturated carbocycles. The number of rotatable bonds is 20. The minimum atomic E-state index is -1.33. The van der Waals surface area contributed by atoms with Gasteiger partial charge in [0, 0.05) is 55.5 Å². The van der Waals surface area contributed by atoms with Crippen LogP contribution in [0, 0.1) is 0 Å². The first-order valence-corrected chi connectivity index (χ1v) is 28.6. The minimum Gasteiger partial charge on any atom is -0.375 e. The maximum absolute atomic E-state index is 15.9. The summed E-state index contributed by atoms with van der Waals surface area (Å²) < 4.78 is 39.1. The van der Waals surface area contributed by atoms with E-state index in [1.807, 2.05) is 22.2 Å². The number of ether oxygens (including phenoxy) is 6. The number of hydrazine groups is 2. The molecule has 2 unspecified atom stereocenters. The van der Waals surface area contributed by atoms with Gasteiger partial charge in [-0.15, -0.1) is 0 Å². The van der Waals surface area contributed by atoms with Crippen LogP contribution in [-0.2, 0) is 41.3 Å². The van der Waals surface area contributed by atoms with Crippen LogP contribution in [0.1, 0.15) is 37.8 Å². The number of morpholine rings is 2. The molecule has 6 atom stereocenters. The molecular weight excluding hydrogens is 741 g/mol. The molecule has 0 radical (unpaired) electrons. The molecule has 3 fully saturated rings. The number of nitrogens with zero attached hydrogens (tertiary/aromatic N) is 4. The maximum Gasteiger partial charge on any atom is 0.349 e. The highest BCUT2D eigenvalue weighted by Gasteiger charge is 2.53. The van der Waals surface area contributed by atoms with E-state index < -0.39 is 40.4 Å². The Morgan fingerprint density at radius 1 is 0.625 bits per heavy atom. The van der Waals surface area contributed by atoms with Crippen molar-refractivity contribution >= 4 is 22.2 Å². The Kier molecular flexibility index (Phi) is 17.4. The first kappa shape index (κ1) is 44.9. The van der Waals surface area contributed by atoms with Crippen molar-refractivity contribution in [2.24, 2.45) is 0 Å². The van der Waals surface area contributed by atoms with Crippen molar-refractivity contribution in [1.29, 1.82) is 0 Å². The minimum absolute atomic E-state index is 0.00897. The van der Waals surface area contributed by atoms with E-state index in [0.717, 1.165) is 36.1 Å². The Morgan fingerprint density at radius 2 is 1.02 bits per heavy atom. The lowest BCUT2D eigenvalue weighted by Crippen LogP contribution is -2.65. The molecule has 3 aliphatic heterocycles. The molecule has 3 heterocycles. The molecular formula is C43H72N4O7Si2. The molecule has 0 bridgehead atoms. The first-order chi connectivity index (χ1) is 26.9. The van der Waals surface area contributed by atoms with Gasteiger partial charge in [0.05, 0.1) is 37.5 Å². The lowest BCUT2D eigenvalue weighted by atomic mass is 9.91. The number of amides is 2. The largest absolute Gasteiger partial charge is 0.375 e. The molecule has 0 aromatic heterocycles. The number of benzene rings is 2. The Labute approximate surface area is 339 Å². The number of hydrogen-bond acceptors (Lipinski definition) is 9. The van der Waals surface area contributed by atoms with Gasteiger partial charge in [-0.2, -0.15) is 0 Å². The highest BCUT2D eigenvalue weighted by atomic mass is 28.3. The van der Waals surface area contributed by atoms with Gasteiger partial charge in [0.1, 0.15) is 25.8 Å². The quantitative estimate of drug-likeness (QED) is 0.0773. The van der Waals surface area contributed by atoms with Gasteiger partial charge in [-0.1, -0.05) is 114 Å². The third kappa shape index (κ3) is 13.4. The first-order valence-electron chi connectivity index (χ1n) is 21.2. The highest BCUT2D eigenvalue weighted by Crippen LogP contribution is 2.34. The topological polar surface area (TPSA) is 85.4 Å². The zero-order valence-corrected chi connectivity index (χ0v) is 37.7. The summed E-state index contributed by atoms with van der Waals surface area (Å²) in [5.74, 6) is 0. The van der Waals surface area contributed by atoms with Crippen molar-refractivity contribution < 1.29 is 33.2 Å². The molecule has 2 amide bonds. The standard InChI is InChI=1S/C43H72N4O7Si2/c1-9-37-31-44(21-23-51-37)46-39(29-35-17-13-11-14-18-35)41(53-33-49-25-27-55(3,4)5)42(54-34-50-26-28-56(6,7)8)40(30-36-19-15-12-16-20-36)47(43(46)48)45-22-24-52-38(10-2)32-45/h11-20,37-42H,9-10,21-34H2,1-8H3/t37?,38?,39-,40-,41+,42+/m1/s1. The molecule has 314 valence electrons. The van der Waals surface area contributed by atoms with Crippen LogP contribution in [0.2, 0.25) is 51.4 Å². The SMILES string of the molecule is CCC1CN(N2C(=O)N(N3CCOC(CC)C3)[C@H](Cc3ccccc3)[C@H](OCOCC[Si](C)(C)C)[C@@H](OCOCC[Si](C)(C)C)[C@H]2Cc2ccccc2)CCO1. The van der Waals surface area contributed by atoms with Crippen molar-refractivity contribution in [2.45, 2.75) is 127 Å². The van der Waals surface area contributed by atoms with E-state index in [0.29, 0.717) is 65.4 Å². The van der Waals surface area contributed by atoms with Gasteiger partial charge >= 0.3 is 6.03 Å². The molecule has 3 aliphatic rings. The van der Waals surface area contributed by atoms with Crippen molar-refractivity contribution in [3.05, 3.63) is 71.8 Å². The van der Waals surface area contributed by atoms with Crippen molar-refractivity contribution in [3.63, 3.8) is 0 Å². The summed E-state index contributed by atoms with van der Waals surface area (Å²) in [6.07, 6.45) is 1.76. The van der Waals surface area contributed by atoms with E-state index in [1.165, 1.54) is 0 Å². The average molecular weight is 813 g/mol. The Hall–Kier alpha value is -2.18. The molecule has 56 heavy (non-hydrogen) atoms. The summed E-state index contributed by atoms with van der Waals surface area (Å²) in [5, 5.41) is 8.50. The Balaban J connectivity index is 1.64. The van der Waals surface area contributed by atoms with Crippen molar-refractivity contribution in [3.8, 4) is 0 Å². The zero-order valence-electron chi connectivity index (χ0n) is 35.7. The summed E-state index contributed by atoms with van der Waals surface area (Å²) in [4.78, 5) is 15.9. The summed E-state index contributed by atoms with van der Waals surface area (Å²) >= 11 is 0. The molecule has 2 aromatic rings. The maximum atomic E-state index is 15.9. The summed E-state index contributed by atoms with van der Waals surface area (Å²) in [7, 11) is -2.66. The van der Waals surface area contributed by atoms with Crippen LogP contribution in [0.5, 0.6) is 0 Å². The highest BCUT2D eigenvalue weighted by molar-refractivity contribution is 6.76. The predicted molar refractivity (Wildman–Crippen MR) is 228 cm³/mol. The van der Waals surface area contributed by atoms with Gasteiger partial charge in [0.2, 0.25) is 0 Å². The Morgan fingerprint density at radius 3 is 1.38 bits per heavy atom. The second-order valence-corrected chi connectivity index (χ2v) is 29.3. The average Bonchev–Trinajstić information content (AvgIpc) is 3.26. The van der Waals surface area contributed by atoms with Gasteiger partial charge in [-0.3, -0.25) is 0 Å². The third-order valence-electron chi connectivity index (χ3n) is 11.1. The summed E-state index contributed by atoms with van der Waals surface area (Å²) in [6.45, 7) is 23.4. The van der Waals surface area contributed by atoms with Crippen LogP contribution < -0.4 is 0 Å². The fourth-order valence-electron chi connectivity index (χ4n) is 7.72. The number of hydrogen-bond donors (Lipinski definition) is 0. The molecule has 5 rings (SSSR count). The number of urea groups is 1. The fraction of sp³-hybridized carbons (Fsp3) is 0.698. The van der Waals surface area contributed by atoms with Crippen molar-refractivity contribution in [2.75, 3.05) is 66.2 Å². The summed E-state index contributed by atoms with van der Waals surface area (Å²) in [5.41, 5.74) is 2.25. The molecule has 0 spiro atoms. The summed E-state index contributed by atoms with van der Waals surface area (Å²) in [6, 6.07) is 22.1. The van der Waals surface area contributed by atoms with E-state index >= 15 is 4.79 Å². The molecule has 0 N–H and O–H groups in total. The second kappa shape index (κ2) is 21.7. The van der Waals surface area contributed by atoms with Crippen LogP contribution in [0.25, 0.3) is 0 Å². The van der Waals surface area contributed by atoms with E-state index in [-0.39, 0.29) is 31.8 Å². The lowest BCUT2D eigenvalue weighted by molar-refractivity contribution is -0.206. The molecule has 0 aliphatic carbocycles.